The Labute approximate surface area is 235 Å². The number of aliphatic carboxylic acids is 4. The average Bonchev–Trinajstić information content (AvgIpc) is 2.92. The first-order chi connectivity index (χ1) is 19.6. The number of rotatable bonds is 17. The quantitative estimate of drug-likeness (QED) is 0.185. The summed E-state index contributed by atoms with van der Waals surface area (Å²) in [5.41, 5.74) is 3.84. The van der Waals surface area contributed by atoms with Crippen LogP contribution in [0, 0.1) is 0 Å². The van der Waals surface area contributed by atoms with Gasteiger partial charge in [-0.05, 0) is 23.8 Å². The first-order valence-electron chi connectivity index (χ1n) is 12.7. The number of hydrogen-bond donors (Lipinski definition) is 4. The summed E-state index contributed by atoms with van der Waals surface area (Å²) in [6.45, 7) is -1.42. The van der Waals surface area contributed by atoms with E-state index in [2.05, 4.69) is 9.97 Å². The van der Waals surface area contributed by atoms with Crippen LogP contribution < -0.4 is 4.90 Å². The molecule has 0 aliphatic rings. The van der Waals surface area contributed by atoms with Gasteiger partial charge >= 0.3 is 23.9 Å². The maximum atomic E-state index is 11.2. The lowest BCUT2D eigenvalue weighted by molar-refractivity contribution is -0.143. The van der Waals surface area contributed by atoms with Gasteiger partial charge in [0.05, 0.1) is 49.5 Å². The number of aromatic nitrogens is 2. The van der Waals surface area contributed by atoms with Crippen LogP contribution in [0.1, 0.15) is 0 Å². The minimum atomic E-state index is -1.18. The van der Waals surface area contributed by atoms with Crippen molar-refractivity contribution in [2.24, 2.45) is 0 Å². The summed E-state index contributed by atoms with van der Waals surface area (Å²) >= 11 is 0. The molecule has 0 bridgehead atoms. The van der Waals surface area contributed by atoms with Crippen molar-refractivity contribution >= 4 is 29.6 Å². The molecule has 0 saturated heterocycles. The molecule has 4 N–H and O–H groups in total. The van der Waals surface area contributed by atoms with E-state index in [0.717, 1.165) is 11.1 Å². The summed E-state index contributed by atoms with van der Waals surface area (Å²) in [5.74, 6) is -4.71. The minimum Gasteiger partial charge on any atom is -0.480 e. The third-order valence-electron chi connectivity index (χ3n) is 6.05. The van der Waals surface area contributed by atoms with Crippen LogP contribution in [0.25, 0.3) is 22.5 Å². The zero-order valence-electron chi connectivity index (χ0n) is 22.2. The van der Waals surface area contributed by atoms with Gasteiger partial charge in [0.25, 0.3) is 0 Å². The molecule has 0 unspecified atom stereocenters. The highest BCUT2D eigenvalue weighted by Crippen LogP contribution is 2.23. The number of nitrogens with zero attached hydrogens (tertiary/aromatic N) is 5. The molecule has 0 aliphatic carbocycles. The summed E-state index contributed by atoms with van der Waals surface area (Å²) in [4.78, 5) is 58.2. The van der Waals surface area contributed by atoms with Crippen molar-refractivity contribution in [3.8, 4) is 22.5 Å². The molecule has 0 spiro atoms. The maximum Gasteiger partial charge on any atom is 0.317 e. The normalized spacial score (nSPS) is 11.0. The Kier molecular flexibility index (Phi) is 11.3. The van der Waals surface area contributed by atoms with Crippen LogP contribution in [0.4, 0.5) is 5.69 Å². The average molecular weight is 566 g/mol. The Balaban J connectivity index is 1.79. The van der Waals surface area contributed by atoms with E-state index in [1.165, 1.54) is 9.80 Å². The molecule has 0 atom stereocenters. The molecule has 0 aliphatic heterocycles. The van der Waals surface area contributed by atoms with Crippen LogP contribution in [0.2, 0.25) is 0 Å². The van der Waals surface area contributed by atoms with Gasteiger partial charge in [-0.3, -0.25) is 38.9 Å². The molecule has 216 valence electrons. The third-order valence-corrected chi connectivity index (χ3v) is 6.05. The molecular weight excluding hydrogens is 534 g/mol. The van der Waals surface area contributed by atoms with Crippen LogP contribution >= 0.6 is 0 Å². The van der Waals surface area contributed by atoms with Crippen molar-refractivity contribution in [2.75, 3.05) is 57.3 Å². The SMILES string of the molecule is O=C(O)CN(CCN(CCN(CC(=O)O)CC(=O)O)c1ccc(-c2ccc(-c3ccccc3)cn2)nc1)CC(=O)O. The van der Waals surface area contributed by atoms with Gasteiger partial charge in [-0.25, -0.2) is 0 Å². The standard InChI is InChI=1S/C28H31N5O8/c34-25(35)16-31(17-26(36)37)10-12-33(13-11-32(18-27(38)39)19-28(40)41)22-7-9-24(30-15-22)23-8-6-21(14-29-23)20-4-2-1-3-5-20/h1-9,14-15H,10-13,16-19H2,(H,34,35)(H,36,37)(H,38,39)(H,40,41). The Morgan fingerprint density at radius 1 is 0.537 bits per heavy atom. The Morgan fingerprint density at radius 3 is 1.39 bits per heavy atom. The van der Waals surface area contributed by atoms with E-state index in [1.807, 2.05) is 42.5 Å². The van der Waals surface area contributed by atoms with Crippen molar-refractivity contribution in [1.29, 1.82) is 0 Å². The number of anilines is 1. The van der Waals surface area contributed by atoms with Crippen LogP contribution in [-0.4, -0.2) is 116 Å². The highest BCUT2D eigenvalue weighted by molar-refractivity contribution is 5.73. The fourth-order valence-electron chi connectivity index (χ4n) is 4.16. The molecular formula is C28H31N5O8. The minimum absolute atomic E-state index is 0.0702. The fourth-order valence-corrected chi connectivity index (χ4v) is 4.16. The number of benzene rings is 1. The van der Waals surface area contributed by atoms with Crippen LogP contribution in [0.15, 0.2) is 67.0 Å². The lowest BCUT2D eigenvalue weighted by Gasteiger charge is -2.30. The Hall–Kier alpha value is -4.88. The molecule has 1 aromatic carbocycles. The van der Waals surface area contributed by atoms with Gasteiger partial charge in [0.1, 0.15) is 0 Å². The van der Waals surface area contributed by atoms with E-state index in [4.69, 9.17) is 20.4 Å². The van der Waals surface area contributed by atoms with Crippen molar-refractivity contribution in [1.82, 2.24) is 19.8 Å². The van der Waals surface area contributed by atoms with Gasteiger partial charge < -0.3 is 25.3 Å². The molecule has 0 radical (unpaired) electrons. The summed E-state index contributed by atoms with van der Waals surface area (Å²) in [6, 6.07) is 17.1. The fraction of sp³-hybridized carbons (Fsp3) is 0.286. The molecule has 0 amide bonds. The van der Waals surface area contributed by atoms with E-state index >= 15 is 0 Å². The summed E-state index contributed by atoms with van der Waals surface area (Å²) in [5, 5.41) is 36.6. The lowest BCUT2D eigenvalue weighted by Crippen LogP contribution is -2.44. The smallest absolute Gasteiger partial charge is 0.317 e. The van der Waals surface area contributed by atoms with Crippen molar-refractivity contribution in [2.45, 2.75) is 0 Å². The topological polar surface area (TPSA) is 185 Å². The predicted molar refractivity (Wildman–Crippen MR) is 149 cm³/mol. The summed E-state index contributed by atoms with van der Waals surface area (Å²) in [7, 11) is 0. The maximum absolute atomic E-state index is 11.2. The zero-order chi connectivity index (χ0) is 29.8. The molecule has 2 aromatic heterocycles. The number of carboxylic acids is 4. The highest BCUT2D eigenvalue weighted by Gasteiger charge is 2.19. The predicted octanol–water partition coefficient (Wildman–Crippen LogP) is 1.56. The van der Waals surface area contributed by atoms with Gasteiger partial charge in [-0.15, -0.1) is 0 Å². The first kappa shape index (κ1) is 30.7. The van der Waals surface area contributed by atoms with E-state index in [0.29, 0.717) is 17.1 Å². The molecule has 3 aromatic rings. The summed E-state index contributed by atoms with van der Waals surface area (Å²) < 4.78 is 0. The molecule has 0 fully saturated rings. The second-order valence-corrected chi connectivity index (χ2v) is 9.18. The highest BCUT2D eigenvalue weighted by atomic mass is 16.4. The Morgan fingerprint density at radius 2 is 1.00 bits per heavy atom. The zero-order valence-corrected chi connectivity index (χ0v) is 22.2. The van der Waals surface area contributed by atoms with Crippen LogP contribution in [-0.2, 0) is 19.2 Å². The molecule has 41 heavy (non-hydrogen) atoms. The first-order valence-corrected chi connectivity index (χ1v) is 12.7. The van der Waals surface area contributed by atoms with Gasteiger partial charge in [0, 0.05) is 37.9 Å². The van der Waals surface area contributed by atoms with E-state index in [-0.39, 0.29) is 26.2 Å². The summed E-state index contributed by atoms with van der Waals surface area (Å²) in [6.07, 6.45) is 3.34. The van der Waals surface area contributed by atoms with Crippen molar-refractivity contribution in [3.63, 3.8) is 0 Å². The number of carboxylic acid groups (broad SMARTS) is 4. The van der Waals surface area contributed by atoms with E-state index in [1.54, 1.807) is 29.4 Å². The number of pyridine rings is 2. The van der Waals surface area contributed by atoms with Crippen molar-refractivity contribution < 1.29 is 39.6 Å². The van der Waals surface area contributed by atoms with Crippen LogP contribution in [0.5, 0.6) is 0 Å². The molecule has 3 rings (SSSR count). The van der Waals surface area contributed by atoms with Crippen molar-refractivity contribution in [3.05, 3.63) is 67.0 Å². The molecule has 13 heteroatoms. The second-order valence-electron chi connectivity index (χ2n) is 9.18. The Bertz CT molecular complexity index is 1250. The van der Waals surface area contributed by atoms with E-state index < -0.39 is 50.1 Å². The van der Waals surface area contributed by atoms with Gasteiger partial charge in [-0.2, -0.15) is 0 Å². The molecule has 0 saturated carbocycles. The number of hydrogen-bond acceptors (Lipinski definition) is 9. The number of carbonyl (C=O) groups is 4. The van der Waals surface area contributed by atoms with Gasteiger partial charge in [0.2, 0.25) is 0 Å². The largest absolute Gasteiger partial charge is 0.480 e. The lowest BCUT2D eigenvalue weighted by atomic mass is 10.1. The molecule has 13 nitrogen and oxygen atoms in total. The third kappa shape index (κ3) is 10.3. The monoisotopic (exact) mass is 565 g/mol. The molecule has 2 heterocycles. The van der Waals surface area contributed by atoms with Gasteiger partial charge in [-0.1, -0.05) is 36.4 Å². The van der Waals surface area contributed by atoms with E-state index in [9.17, 15) is 19.2 Å². The second kappa shape index (κ2) is 15.1. The van der Waals surface area contributed by atoms with Gasteiger partial charge in [0.15, 0.2) is 0 Å². The van der Waals surface area contributed by atoms with Crippen LogP contribution in [0.3, 0.4) is 0 Å².